The van der Waals surface area contributed by atoms with E-state index in [0.717, 1.165) is 36.6 Å². The number of nitrogens with one attached hydrogen (secondary N) is 2. The molecule has 1 aliphatic heterocycles. The van der Waals surface area contributed by atoms with Gasteiger partial charge in [0.15, 0.2) is 12.3 Å². The Balaban J connectivity index is 1.49. The van der Waals surface area contributed by atoms with Crippen molar-refractivity contribution in [3.63, 3.8) is 0 Å². The molecule has 1 heterocycles. The Hall–Kier alpha value is -3.26. The minimum Gasteiger partial charge on any atom is -0.494 e. The van der Waals surface area contributed by atoms with Crippen molar-refractivity contribution in [2.24, 2.45) is 5.92 Å². The summed E-state index contributed by atoms with van der Waals surface area (Å²) in [6.07, 6.45) is 1.48. The number of ether oxygens (including phenoxy) is 1. The second-order valence-electron chi connectivity index (χ2n) is 7.83. The first-order chi connectivity index (χ1) is 14.9. The highest BCUT2D eigenvalue weighted by Gasteiger charge is 2.29. The number of likely N-dealkylation sites (tertiary alicyclic amines) is 1. The fraction of sp³-hybridized carbons (Fsp3) is 0.391. The van der Waals surface area contributed by atoms with Crippen molar-refractivity contribution < 1.29 is 24.1 Å². The normalized spacial score (nSPS) is 18.3. The van der Waals surface area contributed by atoms with Crippen LogP contribution in [0.5, 0.6) is 5.75 Å². The lowest BCUT2D eigenvalue weighted by Gasteiger charge is -2.28. The van der Waals surface area contributed by atoms with Gasteiger partial charge < -0.3 is 15.0 Å². The van der Waals surface area contributed by atoms with E-state index in [1.54, 1.807) is 13.0 Å². The number of rotatable bonds is 8. The molecule has 1 aliphatic rings. The molecule has 2 aromatic rings. The van der Waals surface area contributed by atoms with Crippen LogP contribution in [0.3, 0.4) is 0 Å². The first-order valence-electron chi connectivity index (χ1n) is 10.5. The topological polar surface area (TPSA) is 103 Å². The average molecular weight is 426 g/mol. The number of carbonyl (C=O) groups is 2. The number of anilines is 1. The molecule has 8 nitrogen and oxygen atoms in total. The van der Waals surface area contributed by atoms with Crippen LogP contribution in [-0.2, 0) is 4.79 Å². The second kappa shape index (κ2) is 10.2. The van der Waals surface area contributed by atoms with Gasteiger partial charge in [0, 0.05) is 42.1 Å². The maximum Gasteiger partial charge on any atom is 0.279 e. The van der Waals surface area contributed by atoms with Crippen LogP contribution in [0.1, 0.15) is 35.7 Å². The number of hydrogen-bond donors (Lipinski definition) is 2. The van der Waals surface area contributed by atoms with E-state index in [0.29, 0.717) is 30.0 Å². The molecule has 1 amide bonds. The van der Waals surface area contributed by atoms with Crippen LogP contribution in [0, 0.1) is 23.0 Å². The summed E-state index contributed by atoms with van der Waals surface area (Å²) >= 11 is 0. The van der Waals surface area contributed by atoms with Gasteiger partial charge in [0.25, 0.3) is 11.6 Å². The monoisotopic (exact) mass is 426 g/mol. The number of aryl methyl sites for hydroxylation is 1. The Morgan fingerprint density at radius 3 is 2.42 bits per heavy atom. The summed E-state index contributed by atoms with van der Waals surface area (Å²) in [5, 5.41) is 13.7. The van der Waals surface area contributed by atoms with E-state index in [-0.39, 0.29) is 23.3 Å². The highest BCUT2D eigenvalue weighted by atomic mass is 16.6. The van der Waals surface area contributed by atoms with Crippen molar-refractivity contribution >= 4 is 23.1 Å². The minimum atomic E-state index is -0.457. The summed E-state index contributed by atoms with van der Waals surface area (Å²) in [5.74, 6) is 0.741. The van der Waals surface area contributed by atoms with Crippen LogP contribution in [-0.4, -0.2) is 42.9 Å². The highest BCUT2D eigenvalue weighted by Crippen LogP contribution is 2.21. The van der Waals surface area contributed by atoms with E-state index in [4.69, 9.17) is 4.74 Å². The molecule has 0 aliphatic carbocycles. The van der Waals surface area contributed by atoms with E-state index in [1.165, 1.54) is 12.1 Å². The predicted octanol–water partition coefficient (Wildman–Crippen LogP) is 2.42. The lowest BCUT2D eigenvalue weighted by molar-refractivity contribution is -0.897. The summed E-state index contributed by atoms with van der Waals surface area (Å²) in [5.41, 5.74) is 1.93. The maximum atomic E-state index is 12.8. The number of quaternary nitrogens is 1. The fourth-order valence-electron chi connectivity index (χ4n) is 3.91. The number of amides is 1. The van der Waals surface area contributed by atoms with Gasteiger partial charge in [-0.05, 0) is 49.7 Å². The number of benzene rings is 2. The van der Waals surface area contributed by atoms with Gasteiger partial charge in [-0.1, -0.05) is 0 Å². The van der Waals surface area contributed by atoms with Crippen molar-refractivity contribution in [2.45, 2.75) is 26.7 Å². The van der Waals surface area contributed by atoms with Crippen LogP contribution < -0.4 is 15.0 Å². The van der Waals surface area contributed by atoms with Crippen LogP contribution >= 0.6 is 0 Å². The number of Topliss-reactive ketones (excluding diaryl/α,β-unsaturated/α-hetero) is 1. The Kier molecular flexibility index (Phi) is 7.36. The first kappa shape index (κ1) is 22.4. The molecule has 1 saturated heterocycles. The van der Waals surface area contributed by atoms with Crippen LogP contribution in [0.2, 0.25) is 0 Å². The summed E-state index contributed by atoms with van der Waals surface area (Å²) in [4.78, 5) is 36.7. The number of non-ortho nitro benzene ring substituents is 1. The van der Waals surface area contributed by atoms with Gasteiger partial charge in [0.2, 0.25) is 0 Å². The SMILES string of the molecule is CCOc1ccc(C(=O)C2CC[NH+](CC(=O)Nc3ccc([N+](=O)[O-])cc3C)CC2)cc1. The predicted molar refractivity (Wildman–Crippen MR) is 117 cm³/mol. The van der Waals surface area contributed by atoms with Crippen molar-refractivity contribution in [1.29, 1.82) is 0 Å². The number of nitro benzene ring substituents is 1. The zero-order valence-electron chi connectivity index (χ0n) is 17.8. The Labute approximate surface area is 181 Å². The maximum absolute atomic E-state index is 12.8. The number of nitrogens with zero attached hydrogens (tertiary/aromatic N) is 1. The van der Waals surface area contributed by atoms with Gasteiger partial charge in [-0.15, -0.1) is 0 Å². The average Bonchev–Trinajstić information content (AvgIpc) is 2.76. The molecule has 1 fully saturated rings. The van der Waals surface area contributed by atoms with Crippen LogP contribution in [0.15, 0.2) is 42.5 Å². The molecule has 31 heavy (non-hydrogen) atoms. The zero-order valence-corrected chi connectivity index (χ0v) is 17.8. The number of ketones is 1. The molecule has 0 saturated carbocycles. The van der Waals surface area contributed by atoms with E-state index in [9.17, 15) is 19.7 Å². The third-order valence-corrected chi connectivity index (χ3v) is 5.62. The number of nitro groups is 1. The molecule has 0 aromatic heterocycles. The molecule has 0 spiro atoms. The molecule has 3 rings (SSSR count). The van der Waals surface area contributed by atoms with Gasteiger partial charge in [0.1, 0.15) is 5.75 Å². The van der Waals surface area contributed by atoms with Crippen molar-refractivity contribution in [3.8, 4) is 5.75 Å². The molecule has 0 atom stereocenters. The number of hydrogen-bond acceptors (Lipinski definition) is 5. The third kappa shape index (κ3) is 5.88. The summed E-state index contributed by atoms with van der Waals surface area (Å²) in [6.45, 7) is 6.04. The fourth-order valence-corrected chi connectivity index (χ4v) is 3.91. The summed E-state index contributed by atoms with van der Waals surface area (Å²) in [7, 11) is 0. The first-order valence-corrected chi connectivity index (χ1v) is 10.5. The molecular weight excluding hydrogens is 398 g/mol. The van der Waals surface area contributed by atoms with E-state index in [2.05, 4.69) is 5.32 Å². The van der Waals surface area contributed by atoms with Crippen molar-refractivity contribution in [3.05, 3.63) is 63.7 Å². The van der Waals surface area contributed by atoms with Crippen molar-refractivity contribution in [2.75, 3.05) is 31.6 Å². The van der Waals surface area contributed by atoms with Gasteiger partial charge in [-0.2, -0.15) is 0 Å². The molecular formula is C23H28N3O5+. The third-order valence-electron chi connectivity index (χ3n) is 5.62. The Morgan fingerprint density at radius 1 is 1.16 bits per heavy atom. The van der Waals surface area contributed by atoms with E-state index in [1.807, 2.05) is 31.2 Å². The molecule has 8 heteroatoms. The number of piperidine rings is 1. The molecule has 2 N–H and O–H groups in total. The Bertz CT molecular complexity index is 950. The number of carbonyl (C=O) groups excluding carboxylic acids is 2. The molecule has 0 bridgehead atoms. The van der Waals surface area contributed by atoms with Gasteiger partial charge >= 0.3 is 0 Å². The zero-order chi connectivity index (χ0) is 22.4. The van der Waals surface area contributed by atoms with Crippen LogP contribution in [0.25, 0.3) is 0 Å². The molecule has 0 unspecified atom stereocenters. The van der Waals surface area contributed by atoms with E-state index >= 15 is 0 Å². The van der Waals surface area contributed by atoms with Gasteiger partial charge in [-0.25, -0.2) is 0 Å². The van der Waals surface area contributed by atoms with E-state index < -0.39 is 4.92 Å². The summed E-state index contributed by atoms with van der Waals surface area (Å²) < 4.78 is 5.42. The molecule has 2 aromatic carbocycles. The highest BCUT2D eigenvalue weighted by molar-refractivity contribution is 5.98. The second-order valence-corrected chi connectivity index (χ2v) is 7.83. The smallest absolute Gasteiger partial charge is 0.279 e. The largest absolute Gasteiger partial charge is 0.494 e. The summed E-state index contributed by atoms with van der Waals surface area (Å²) in [6, 6.07) is 11.7. The Morgan fingerprint density at radius 2 is 1.84 bits per heavy atom. The van der Waals surface area contributed by atoms with Crippen LogP contribution in [0.4, 0.5) is 11.4 Å². The standard InChI is InChI=1S/C23H27N3O5/c1-3-31-20-7-4-17(5-8-20)23(28)18-10-12-25(13-11-18)15-22(27)24-21-9-6-19(26(29)30)14-16(21)2/h4-9,14,18H,3,10-13,15H2,1-2H3,(H,24,27)/p+1. The minimum absolute atomic E-state index is 0.000364. The molecule has 164 valence electrons. The van der Waals surface area contributed by atoms with Crippen molar-refractivity contribution in [1.82, 2.24) is 0 Å². The van der Waals surface area contributed by atoms with Gasteiger partial charge in [-0.3, -0.25) is 19.7 Å². The molecule has 0 radical (unpaired) electrons. The lowest BCUT2D eigenvalue weighted by Crippen LogP contribution is -3.14. The van der Waals surface area contributed by atoms with Gasteiger partial charge in [0.05, 0.1) is 24.6 Å². The lowest BCUT2D eigenvalue weighted by atomic mass is 9.89. The quantitative estimate of drug-likeness (QED) is 0.383.